The minimum atomic E-state index is 0.0604. The van der Waals surface area contributed by atoms with E-state index in [1.165, 1.54) is 5.56 Å². The number of aryl methyl sites for hydroxylation is 1. The van der Waals surface area contributed by atoms with Crippen molar-refractivity contribution in [1.82, 2.24) is 0 Å². The van der Waals surface area contributed by atoms with E-state index in [2.05, 4.69) is 31.2 Å². The quantitative estimate of drug-likeness (QED) is 0.683. The van der Waals surface area contributed by atoms with E-state index in [-0.39, 0.29) is 5.41 Å². The number of benzene rings is 1. The van der Waals surface area contributed by atoms with E-state index in [9.17, 15) is 4.79 Å². The van der Waals surface area contributed by atoms with E-state index < -0.39 is 0 Å². The van der Waals surface area contributed by atoms with Crippen molar-refractivity contribution >= 4 is 11.6 Å². The number of rotatable bonds is 1. The highest BCUT2D eigenvalue weighted by molar-refractivity contribution is 6.01. The molecule has 1 amide bonds. The second kappa shape index (κ2) is 2.84. The molecule has 2 heteroatoms. The van der Waals surface area contributed by atoms with E-state index >= 15 is 0 Å². The van der Waals surface area contributed by atoms with Gasteiger partial charge < -0.3 is 4.90 Å². The molecule has 1 saturated heterocycles. The van der Waals surface area contributed by atoms with E-state index in [1.54, 1.807) is 0 Å². The molecule has 2 nitrogen and oxygen atoms in total. The van der Waals surface area contributed by atoms with Crippen molar-refractivity contribution in [3.63, 3.8) is 0 Å². The fourth-order valence-electron chi connectivity index (χ4n) is 2.41. The number of nitrogens with zero attached hydrogens (tertiary/aromatic N) is 1. The van der Waals surface area contributed by atoms with Crippen LogP contribution < -0.4 is 4.90 Å². The third-order valence-corrected chi connectivity index (χ3v) is 3.71. The molecule has 0 atom stereocenters. The normalized spacial score (nSPS) is 22.5. The van der Waals surface area contributed by atoms with Crippen LogP contribution in [0.25, 0.3) is 0 Å². The average Bonchev–Trinajstić information content (AvgIpc) is 2.94. The Bertz CT molecular complexity index is 403. The van der Waals surface area contributed by atoms with Crippen molar-refractivity contribution in [3.8, 4) is 0 Å². The molecular weight excluding hydrogens is 186 g/mol. The summed E-state index contributed by atoms with van der Waals surface area (Å²) >= 11 is 0. The topological polar surface area (TPSA) is 20.3 Å². The fourth-order valence-corrected chi connectivity index (χ4v) is 2.41. The van der Waals surface area contributed by atoms with Gasteiger partial charge in [0.05, 0.1) is 5.41 Å². The first-order chi connectivity index (χ1) is 7.21. The lowest BCUT2D eigenvalue weighted by Gasteiger charge is -2.16. The number of amides is 1. The number of hydrogen-bond acceptors (Lipinski definition) is 1. The summed E-state index contributed by atoms with van der Waals surface area (Å²) in [5, 5.41) is 0. The monoisotopic (exact) mass is 201 g/mol. The Morgan fingerprint density at radius 2 is 1.80 bits per heavy atom. The first-order valence-corrected chi connectivity index (χ1v) is 5.60. The number of carbonyl (C=O) groups excluding carboxylic acids is 1. The number of anilines is 1. The summed E-state index contributed by atoms with van der Waals surface area (Å²) in [4.78, 5) is 14.1. The lowest BCUT2D eigenvalue weighted by atomic mass is 10.1. The van der Waals surface area contributed by atoms with Gasteiger partial charge in [0.15, 0.2) is 0 Å². The Morgan fingerprint density at radius 1 is 1.13 bits per heavy atom. The molecule has 0 unspecified atom stereocenters. The molecule has 0 aromatic heterocycles. The van der Waals surface area contributed by atoms with Gasteiger partial charge in [0.25, 0.3) is 0 Å². The number of carbonyl (C=O) groups is 1. The van der Waals surface area contributed by atoms with Crippen molar-refractivity contribution in [3.05, 3.63) is 29.8 Å². The van der Waals surface area contributed by atoms with Crippen LogP contribution in [0.4, 0.5) is 5.69 Å². The van der Waals surface area contributed by atoms with Crippen LogP contribution in [0.5, 0.6) is 0 Å². The van der Waals surface area contributed by atoms with Crippen LogP contribution >= 0.6 is 0 Å². The first kappa shape index (κ1) is 8.96. The highest BCUT2D eigenvalue weighted by Gasteiger charge is 2.55. The van der Waals surface area contributed by atoms with Gasteiger partial charge in [-0.15, -0.1) is 0 Å². The van der Waals surface area contributed by atoms with E-state index in [1.807, 2.05) is 4.90 Å². The summed E-state index contributed by atoms with van der Waals surface area (Å²) in [6.45, 7) is 2.97. The third-order valence-electron chi connectivity index (χ3n) is 3.71. The molecule has 1 aromatic rings. The zero-order valence-corrected chi connectivity index (χ0v) is 8.99. The molecule has 78 valence electrons. The smallest absolute Gasteiger partial charge is 0.233 e. The summed E-state index contributed by atoms with van der Waals surface area (Å²) in [5.41, 5.74) is 2.37. The summed E-state index contributed by atoms with van der Waals surface area (Å²) in [5.74, 6) is 0.353. The lowest BCUT2D eigenvalue weighted by Crippen LogP contribution is -2.27. The maximum atomic E-state index is 12.1. The zero-order chi connectivity index (χ0) is 10.5. The molecule has 1 aromatic carbocycles. The van der Waals surface area contributed by atoms with Crippen molar-refractivity contribution < 1.29 is 4.79 Å². The predicted octanol–water partition coefficient (Wildman–Crippen LogP) is 2.51. The van der Waals surface area contributed by atoms with Gasteiger partial charge in [-0.3, -0.25) is 4.79 Å². The lowest BCUT2D eigenvalue weighted by molar-refractivity contribution is -0.121. The second-order valence-electron chi connectivity index (χ2n) is 4.82. The Balaban J connectivity index is 1.89. The molecule has 15 heavy (non-hydrogen) atoms. The zero-order valence-electron chi connectivity index (χ0n) is 8.99. The Labute approximate surface area is 89.9 Å². The van der Waals surface area contributed by atoms with Crippen molar-refractivity contribution in [1.29, 1.82) is 0 Å². The van der Waals surface area contributed by atoms with Gasteiger partial charge in [0.2, 0.25) is 5.91 Å². The van der Waals surface area contributed by atoms with Gasteiger partial charge in [-0.05, 0) is 38.3 Å². The molecule has 1 aliphatic carbocycles. The second-order valence-corrected chi connectivity index (χ2v) is 4.82. The van der Waals surface area contributed by atoms with Crippen LogP contribution in [-0.4, -0.2) is 12.5 Å². The third kappa shape index (κ3) is 1.28. The molecule has 0 N–H and O–H groups in total. The highest BCUT2D eigenvalue weighted by atomic mass is 16.2. The maximum absolute atomic E-state index is 12.1. The molecule has 2 fully saturated rings. The van der Waals surface area contributed by atoms with Crippen LogP contribution in [0.3, 0.4) is 0 Å². The van der Waals surface area contributed by atoms with Gasteiger partial charge in [-0.1, -0.05) is 17.7 Å². The SMILES string of the molecule is Cc1ccc(N2CCC3(CC3)C2=O)cc1. The van der Waals surface area contributed by atoms with Crippen LogP contribution in [0.1, 0.15) is 24.8 Å². The largest absolute Gasteiger partial charge is 0.312 e. The fraction of sp³-hybridized carbons (Fsp3) is 0.462. The predicted molar refractivity (Wildman–Crippen MR) is 59.8 cm³/mol. The molecule has 0 bridgehead atoms. The van der Waals surface area contributed by atoms with Gasteiger partial charge in [0.1, 0.15) is 0 Å². The number of hydrogen-bond donors (Lipinski definition) is 0. The highest BCUT2D eigenvalue weighted by Crippen LogP contribution is 2.54. The molecule has 1 heterocycles. The van der Waals surface area contributed by atoms with Crippen LogP contribution in [0.2, 0.25) is 0 Å². The van der Waals surface area contributed by atoms with Gasteiger partial charge in [-0.25, -0.2) is 0 Å². The van der Waals surface area contributed by atoms with E-state index in [0.29, 0.717) is 5.91 Å². The first-order valence-electron chi connectivity index (χ1n) is 5.60. The Kier molecular flexibility index (Phi) is 1.70. The van der Waals surface area contributed by atoms with Crippen molar-refractivity contribution in [2.75, 3.05) is 11.4 Å². The summed E-state index contributed by atoms with van der Waals surface area (Å²) in [6, 6.07) is 8.24. The summed E-state index contributed by atoms with van der Waals surface area (Å²) in [6.07, 6.45) is 3.27. The Morgan fingerprint density at radius 3 is 2.33 bits per heavy atom. The van der Waals surface area contributed by atoms with E-state index in [4.69, 9.17) is 0 Å². The minimum Gasteiger partial charge on any atom is -0.312 e. The maximum Gasteiger partial charge on any atom is 0.233 e. The Hall–Kier alpha value is -1.31. The average molecular weight is 201 g/mol. The van der Waals surface area contributed by atoms with Gasteiger partial charge >= 0.3 is 0 Å². The molecule has 3 rings (SSSR count). The van der Waals surface area contributed by atoms with Crippen LogP contribution in [0.15, 0.2) is 24.3 Å². The molecule has 0 radical (unpaired) electrons. The van der Waals surface area contributed by atoms with Crippen molar-refractivity contribution in [2.24, 2.45) is 5.41 Å². The van der Waals surface area contributed by atoms with Gasteiger partial charge in [0, 0.05) is 12.2 Å². The molecule has 2 aliphatic rings. The molecule has 1 spiro atoms. The molecule has 1 aliphatic heterocycles. The summed E-state index contributed by atoms with van der Waals surface area (Å²) < 4.78 is 0. The van der Waals surface area contributed by atoms with E-state index in [0.717, 1.165) is 31.5 Å². The van der Waals surface area contributed by atoms with Crippen LogP contribution in [-0.2, 0) is 4.79 Å². The minimum absolute atomic E-state index is 0.0604. The molecular formula is C13H15NO. The summed E-state index contributed by atoms with van der Waals surface area (Å²) in [7, 11) is 0. The van der Waals surface area contributed by atoms with Gasteiger partial charge in [-0.2, -0.15) is 0 Å². The van der Waals surface area contributed by atoms with Crippen molar-refractivity contribution in [2.45, 2.75) is 26.2 Å². The standard InChI is InChI=1S/C13H15NO/c1-10-2-4-11(5-3-10)14-9-8-13(6-7-13)12(14)15/h2-5H,6-9H2,1H3. The molecule has 1 saturated carbocycles. The van der Waals surface area contributed by atoms with Crippen LogP contribution in [0, 0.1) is 12.3 Å².